The van der Waals surface area contributed by atoms with Crippen LogP contribution >= 0.6 is 0 Å². The largest absolute Gasteiger partial charge is 0.497 e. The van der Waals surface area contributed by atoms with Crippen LogP contribution < -0.4 is 15.2 Å². The lowest BCUT2D eigenvalue weighted by atomic mass is 9.78. The molecule has 0 aliphatic heterocycles. The first-order chi connectivity index (χ1) is 9.81. The van der Waals surface area contributed by atoms with Gasteiger partial charge in [0.15, 0.2) is 0 Å². The Balaban J connectivity index is 1.68. The summed E-state index contributed by atoms with van der Waals surface area (Å²) in [6.45, 7) is 1.16. The second-order valence-corrected chi connectivity index (χ2v) is 5.09. The number of benzene rings is 2. The topological polar surface area (TPSA) is 44.5 Å². The van der Waals surface area contributed by atoms with Crippen molar-refractivity contribution in [2.75, 3.05) is 13.7 Å². The molecule has 1 aliphatic rings. The molecule has 0 bridgehead atoms. The van der Waals surface area contributed by atoms with Gasteiger partial charge in [0.05, 0.1) is 13.7 Å². The maximum atomic E-state index is 5.95. The number of ether oxygens (including phenoxy) is 2. The van der Waals surface area contributed by atoms with E-state index >= 15 is 0 Å². The molecule has 0 radical (unpaired) electrons. The summed E-state index contributed by atoms with van der Waals surface area (Å²) in [5, 5.41) is 0. The number of rotatable bonds is 5. The number of fused-ring (bicyclic) bond motifs is 1. The third kappa shape index (κ3) is 2.37. The lowest BCUT2D eigenvalue weighted by Crippen LogP contribution is -2.23. The van der Waals surface area contributed by atoms with E-state index in [4.69, 9.17) is 15.2 Å². The fourth-order valence-electron chi connectivity index (χ4n) is 2.68. The van der Waals surface area contributed by atoms with E-state index in [1.54, 1.807) is 7.11 Å². The van der Waals surface area contributed by atoms with Crippen molar-refractivity contribution in [3.63, 3.8) is 0 Å². The first-order valence-electron chi connectivity index (χ1n) is 6.89. The Morgan fingerprint density at radius 3 is 2.80 bits per heavy atom. The molecule has 0 aromatic heterocycles. The lowest BCUT2D eigenvalue weighted by Gasteiger charge is -2.30. The average Bonchev–Trinajstić information content (AvgIpc) is 2.48. The molecule has 1 atom stereocenters. The highest BCUT2D eigenvalue weighted by Gasteiger charge is 2.26. The van der Waals surface area contributed by atoms with Crippen molar-refractivity contribution in [3.05, 3.63) is 59.2 Å². The van der Waals surface area contributed by atoms with Crippen molar-refractivity contribution in [1.29, 1.82) is 0 Å². The summed E-state index contributed by atoms with van der Waals surface area (Å²) in [7, 11) is 1.65. The van der Waals surface area contributed by atoms with Crippen LogP contribution in [0.3, 0.4) is 0 Å². The normalized spacial score (nSPS) is 16.2. The molecule has 0 fully saturated rings. The van der Waals surface area contributed by atoms with E-state index in [2.05, 4.69) is 24.3 Å². The van der Waals surface area contributed by atoms with Crippen molar-refractivity contribution < 1.29 is 9.47 Å². The molecule has 0 saturated heterocycles. The third-order valence-electron chi connectivity index (χ3n) is 3.89. The minimum absolute atomic E-state index is 0.452. The van der Waals surface area contributed by atoms with Gasteiger partial charge in [-0.2, -0.15) is 0 Å². The van der Waals surface area contributed by atoms with Crippen LogP contribution in [0.25, 0.3) is 0 Å². The zero-order valence-electron chi connectivity index (χ0n) is 11.6. The van der Waals surface area contributed by atoms with Gasteiger partial charge in [-0.05, 0) is 35.7 Å². The summed E-state index contributed by atoms with van der Waals surface area (Å²) in [6, 6.07) is 14.3. The van der Waals surface area contributed by atoms with Crippen LogP contribution in [0.2, 0.25) is 0 Å². The van der Waals surface area contributed by atoms with Crippen molar-refractivity contribution in [2.24, 2.45) is 5.73 Å². The van der Waals surface area contributed by atoms with E-state index in [1.807, 2.05) is 18.2 Å². The highest BCUT2D eigenvalue weighted by atomic mass is 16.5. The van der Waals surface area contributed by atoms with Gasteiger partial charge in [-0.25, -0.2) is 0 Å². The number of hydrogen-bond donors (Lipinski definition) is 1. The quantitative estimate of drug-likeness (QED) is 0.907. The number of nitrogens with two attached hydrogens (primary N) is 1. The molecular weight excluding hydrogens is 250 g/mol. The fourth-order valence-corrected chi connectivity index (χ4v) is 2.68. The summed E-state index contributed by atoms with van der Waals surface area (Å²) < 4.78 is 11.2. The van der Waals surface area contributed by atoms with E-state index in [-0.39, 0.29) is 0 Å². The van der Waals surface area contributed by atoms with Gasteiger partial charge in [-0.15, -0.1) is 0 Å². The summed E-state index contributed by atoms with van der Waals surface area (Å²) in [4.78, 5) is 0. The van der Waals surface area contributed by atoms with Crippen LogP contribution in [0, 0.1) is 0 Å². The van der Waals surface area contributed by atoms with Crippen LogP contribution in [-0.4, -0.2) is 13.7 Å². The predicted octanol–water partition coefficient (Wildman–Crippen LogP) is 2.87. The van der Waals surface area contributed by atoms with Gasteiger partial charge in [0.1, 0.15) is 11.5 Å². The molecule has 0 saturated carbocycles. The smallest absolute Gasteiger partial charge is 0.124 e. The second kappa shape index (κ2) is 5.55. The number of methoxy groups -OCH3 is 1. The molecule has 1 unspecified atom stereocenters. The molecule has 3 nitrogen and oxygen atoms in total. The molecule has 0 spiro atoms. The standard InChI is InChI=1S/C17H19NO2/c1-19-15-6-7-17(13(9-15)10-18)20-11-14-8-12-4-2-3-5-16(12)14/h2-7,9,14H,8,10-11,18H2,1H3. The zero-order chi connectivity index (χ0) is 13.9. The molecule has 3 rings (SSSR count). The Bertz CT molecular complexity index is 610. The molecule has 2 aromatic carbocycles. The molecule has 0 heterocycles. The maximum absolute atomic E-state index is 5.95. The van der Waals surface area contributed by atoms with Crippen LogP contribution in [0.1, 0.15) is 22.6 Å². The summed E-state index contributed by atoms with van der Waals surface area (Å²) in [5.41, 5.74) is 9.60. The van der Waals surface area contributed by atoms with E-state index < -0.39 is 0 Å². The highest BCUT2D eigenvalue weighted by Crippen LogP contribution is 2.35. The van der Waals surface area contributed by atoms with E-state index in [0.29, 0.717) is 19.1 Å². The Morgan fingerprint density at radius 2 is 2.05 bits per heavy atom. The SMILES string of the molecule is COc1ccc(OCC2Cc3ccccc32)c(CN)c1. The van der Waals surface area contributed by atoms with Crippen LogP contribution in [0.5, 0.6) is 11.5 Å². The van der Waals surface area contributed by atoms with Crippen molar-refractivity contribution >= 4 is 0 Å². The van der Waals surface area contributed by atoms with Gasteiger partial charge in [0.2, 0.25) is 0 Å². The van der Waals surface area contributed by atoms with Crippen LogP contribution in [0.4, 0.5) is 0 Å². The Kier molecular flexibility index (Phi) is 3.61. The minimum atomic E-state index is 0.452. The van der Waals surface area contributed by atoms with Crippen LogP contribution in [0.15, 0.2) is 42.5 Å². The first kappa shape index (κ1) is 13.0. The van der Waals surface area contributed by atoms with E-state index in [0.717, 1.165) is 23.5 Å². The molecule has 20 heavy (non-hydrogen) atoms. The van der Waals surface area contributed by atoms with Crippen molar-refractivity contribution in [3.8, 4) is 11.5 Å². The Hall–Kier alpha value is -2.00. The van der Waals surface area contributed by atoms with Gasteiger partial charge < -0.3 is 15.2 Å². The van der Waals surface area contributed by atoms with Gasteiger partial charge in [0, 0.05) is 18.0 Å². The fraction of sp³-hybridized carbons (Fsp3) is 0.294. The summed E-state index contributed by atoms with van der Waals surface area (Å²) in [6.07, 6.45) is 1.10. The van der Waals surface area contributed by atoms with Gasteiger partial charge in [-0.3, -0.25) is 0 Å². The van der Waals surface area contributed by atoms with Crippen LogP contribution in [-0.2, 0) is 13.0 Å². The van der Waals surface area contributed by atoms with Crippen molar-refractivity contribution in [2.45, 2.75) is 18.9 Å². The van der Waals surface area contributed by atoms with Crippen molar-refractivity contribution in [1.82, 2.24) is 0 Å². The average molecular weight is 269 g/mol. The molecule has 3 heteroatoms. The van der Waals surface area contributed by atoms with Gasteiger partial charge >= 0.3 is 0 Å². The highest BCUT2D eigenvalue weighted by molar-refractivity contribution is 5.42. The Morgan fingerprint density at radius 1 is 1.20 bits per heavy atom. The maximum Gasteiger partial charge on any atom is 0.124 e. The van der Waals surface area contributed by atoms with Gasteiger partial charge in [-0.1, -0.05) is 24.3 Å². The van der Waals surface area contributed by atoms with Gasteiger partial charge in [0.25, 0.3) is 0 Å². The molecular formula is C17H19NO2. The lowest BCUT2D eigenvalue weighted by molar-refractivity contribution is 0.272. The molecule has 2 N–H and O–H groups in total. The van der Waals surface area contributed by atoms with E-state index in [9.17, 15) is 0 Å². The van der Waals surface area contributed by atoms with E-state index in [1.165, 1.54) is 11.1 Å². The summed E-state index contributed by atoms with van der Waals surface area (Å²) in [5.74, 6) is 2.17. The summed E-state index contributed by atoms with van der Waals surface area (Å²) >= 11 is 0. The predicted molar refractivity (Wildman–Crippen MR) is 79.3 cm³/mol. The molecule has 104 valence electrons. The zero-order valence-corrected chi connectivity index (χ0v) is 11.6. The first-order valence-corrected chi connectivity index (χ1v) is 6.89. The second-order valence-electron chi connectivity index (χ2n) is 5.09. The Labute approximate surface area is 119 Å². The monoisotopic (exact) mass is 269 g/mol. The third-order valence-corrected chi connectivity index (χ3v) is 3.89. The molecule has 0 amide bonds. The molecule has 2 aromatic rings. The molecule has 1 aliphatic carbocycles. The number of hydrogen-bond acceptors (Lipinski definition) is 3. The minimum Gasteiger partial charge on any atom is -0.497 e.